The third-order valence-electron chi connectivity index (χ3n) is 4.28. The topological polar surface area (TPSA) is 6.48 Å². The molecule has 2 unspecified atom stereocenters. The van der Waals surface area contributed by atoms with Crippen LogP contribution in [0.5, 0.6) is 0 Å². The third-order valence-corrected chi connectivity index (χ3v) is 4.28. The molecule has 0 aliphatic carbocycles. The van der Waals surface area contributed by atoms with Crippen LogP contribution in [-0.2, 0) is 0 Å². The van der Waals surface area contributed by atoms with Crippen LogP contribution in [0.2, 0.25) is 0 Å². The SMILES string of the molecule is CCC(C(C)C)N1CCN2CCCC2C1. The van der Waals surface area contributed by atoms with Crippen molar-refractivity contribution in [3.63, 3.8) is 0 Å². The lowest BCUT2D eigenvalue weighted by atomic mass is 9.98. The Kier molecular flexibility index (Phi) is 3.68. The first-order chi connectivity index (χ1) is 7.22. The van der Waals surface area contributed by atoms with Gasteiger partial charge in [-0.05, 0) is 31.7 Å². The molecule has 0 aromatic carbocycles. The Hall–Kier alpha value is -0.0800. The lowest BCUT2D eigenvalue weighted by Gasteiger charge is -2.42. The van der Waals surface area contributed by atoms with Gasteiger partial charge in [0.05, 0.1) is 0 Å². The minimum atomic E-state index is 0.808. The van der Waals surface area contributed by atoms with Crippen molar-refractivity contribution in [3.8, 4) is 0 Å². The molecule has 0 aromatic heterocycles. The van der Waals surface area contributed by atoms with Gasteiger partial charge < -0.3 is 0 Å². The molecule has 88 valence electrons. The average molecular weight is 210 g/mol. The predicted octanol–water partition coefficient (Wildman–Crippen LogP) is 2.20. The lowest BCUT2D eigenvalue weighted by molar-refractivity contribution is 0.0530. The van der Waals surface area contributed by atoms with Crippen LogP contribution in [0, 0.1) is 5.92 Å². The summed E-state index contributed by atoms with van der Waals surface area (Å²) >= 11 is 0. The van der Waals surface area contributed by atoms with Gasteiger partial charge in [0.2, 0.25) is 0 Å². The van der Waals surface area contributed by atoms with Crippen molar-refractivity contribution < 1.29 is 0 Å². The number of piperazine rings is 1. The van der Waals surface area contributed by atoms with Crippen LogP contribution < -0.4 is 0 Å². The minimum absolute atomic E-state index is 0.808. The second-order valence-electron chi connectivity index (χ2n) is 5.55. The molecule has 0 amide bonds. The molecule has 0 saturated carbocycles. The zero-order valence-electron chi connectivity index (χ0n) is 10.6. The van der Waals surface area contributed by atoms with E-state index in [-0.39, 0.29) is 0 Å². The highest BCUT2D eigenvalue weighted by Gasteiger charge is 2.33. The Morgan fingerprint density at radius 2 is 2.00 bits per heavy atom. The number of rotatable bonds is 3. The fourth-order valence-corrected chi connectivity index (χ4v) is 3.47. The van der Waals surface area contributed by atoms with Gasteiger partial charge in [-0.1, -0.05) is 20.8 Å². The van der Waals surface area contributed by atoms with Crippen molar-refractivity contribution in [2.24, 2.45) is 5.92 Å². The van der Waals surface area contributed by atoms with Crippen molar-refractivity contribution >= 4 is 0 Å². The van der Waals surface area contributed by atoms with Gasteiger partial charge in [0.1, 0.15) is 0 Å². The van der Waals surface area contributed by atoms with Gasteiger partial charge in [-0.15, -0.1) is 0 Å². The normalized spacial score (nSPS) is 30.8. The molecule has 2 heteroatoms. The van der Waals surface area contributed by atoms with E-state index < -0.39 is 0 Å². The maximum Gasteiger partial charge on any atom is 0.0224 e. The first kappa shape index (κ1) is 11.4. The standard InChI is InChI=1S/C13H26N2/c1-4-13(11(2)3)15-9-8-14-7-5-6-12(14)10-15/h11-13H,4-10H2,1-3H3. The second kappa shape index (κ2) is 4.84. The number of hydrogen-bond donors (Lipinski definition) is 0. The summed E-state index contributed by atoms with van der Waals surface area (Å²) in [4.78, 5) is 5.45. The Morgan fingerprint density at radius 3 is 2.67 bits per heavy atom. The Balaban J connectivity index is 1.93. The fraction of sp³-hybridized carbons (Fsp3) is 1.00. The molecule has 2 nitrogen and oxygen atoms in total. The molecule has 2 rings (SSSR count). The van der Waals surface area contributed by atoms with Gasteiger partial charge in [-0.25, -0.2) is 0 Å². The summed E-state index contributed by atoms with van der Waals surface area (Å²) in [6.45, 7) is 12.4. The maximum absolute atomic E-state index is 2.75. The van der Waals surface area contributed by atoms with Gasteiger partial charge in [0, 0.05) is 31.7 Å². The summed E-state index contributed by atoms with van der Waals surface area (Å²) in [5, 5.41) is 0. The maximum atomic E-state index is 2.75. The molecule has 2 fully saturated rings. The zero-order valence-corrected chi connectivity index (χ0v) is 10.6. The van der Waals surface area contributed by atoms with Crippen LogP contribution in [0.1, 0.15) is 40.0 Å². The Morgan fingerprint density at radius 1 is 1.20 bits per heavy atom. The van der Waals surface area contributed by atoms with Crippen molar-refractivity contribution in [1.29, 1.82) is 0 Å². The molecule has 0 bridgehead atoms. The van der Waals surface area contributed by atoms with Crippen molar-refractivity contribution in [3.05, 3.63) is 0 Å². The molecule has 2 aliphatic rings. The Labute approximate surface area is 94.6 Å². The van der Waals surface area contributed by atoms with Crippen LogP contribution in [0.4, 0.5) is 0 Å². The average Bonchev–Trinajstić information content (AvgIpc) is 2.65. The molecule has 0 spiro atoms. The zero-order chi connectivity index (χ0) is 10.8. The fourth-order valence-electron chi connectivity index (χ4n) is 3.47. The summed E-state index contributed by atoms with van der Waals surface area (Å²) < 4.78 is 0. The summed E-state index contributed by atoms with van der Waals surface area (Å²) in [5.74, 6) is 0.808. The van der Waals surface area contributed by atoms with E-state index in [1.807, 2.05) is 0 Å². The van der Waals surface area contributed by atoms with Gasteiger partial charge in [0.25, 0.3) is 0 Å². The van der Waals surface area contributed by atoms with E-state index in [4.69, 9.17) is 0 Å². The highest BCUT2D eigenvalue weighted by atomic mass is 15.3. The van der Waals surface area contributed by atoms with Crippen LogP contribution in [-0.4, -0.2) is 48.1 Å². The molecule has 0 radical (unpaired) electrons. The van der Waals surface area contributed by atoms with E-state index in [1.165, 1.54) is 45.4 Å². The molecule has 2 saturated heterocycles. The molecule has 0 aromatic rings. The van der Waals surface area contributed by atoms with E-state index in [1.54, 1.807) is 0 Å². The van der Waals surface area contributed by atoms with Crippen molar-refractivity contribution in [2.75, 3.05) is 26.2 Å². The second-order valence-corrected chi connectivity index (χ2v) is 5.55. The summed E-state index contributed by atoms with van der Waals surface area (Å²) in [6, 6.07) is 1.69. The number of nitrogens with zero attached hydrogens (tertiary/aromatic N) is 2. The smallest absolute Gasteiger partial charge is 0.0224 e. The predicted molar refractivity (Wildman–Crippen MR) is 65.1 cm³/mol. The van der Waals surface area contributed by atoms with Crippen LogP contribution in [0.15, 0.2) is 0 Å². The minimum Gasteiger partial charge on any atom is -0.298 e. The lowest BCUT2D eigenvalue weighted by Crippen LogP contribution is -2.54. The van der Waals surface area contributed by atoms with Gasteiger partial charge >= 0.3 is 0 Å². The molecular formula is C13H26N2. The van der Waals surface area contributed by atoms with E-state index >= 15 is 0 Å². The molecule has 15 heavy (non-hydrogen) atoms. The summed E-state index contributed by atoms with van der Waals surface area (Å²) in [5.41, 5.74) is 0. The highest BCUT2D eigenvalue weighted by molar-refractivity contribution is 4.89. The van der Waals surface area contributed by atoms with E-state index in [9.17, 15) is 0 Å². The van der Waals surface area contributed by atoms with Crippen LogP contribution >= 0.6 is 0 Å². The molecule has 2 atom stereocenters. The van der Waals surface area contributed by atoms with Crippen molar-refractivity contribution in [1.82, 2.24) is 9.80 Å². The van der Waals surface area contributed by atoms with E-state index in [2.05, 4.69) is 30.6 Å². The van der Waals surface area contributed by atoms with Crippen molar-refractivity contribution in [2.45, 2.75) is 52.1 Å². The molecule has 0 N–H and O–H groups in total. The largest absolute Gasteiger partial charge is 0.298 e. The first-order valence-corrected chi connectivity index (χ1v) is 6.70. The Bertz CT molecular complexity index is 203. The van der Waals surface area contributed by atoms with E-state index in [0.717, 1.165) is 18.0 Å². The van der Waals surface area contributed by atoms with E-state index in [0.29, 0.717) is 0 Å². The third kappa shape index (κ3) is 2.36. The summed E-state index contributed by atoms with van der Waals surface area (Å²) in [7, 11) is 0. The highest BCUT2D eigenvalue weighted by Crippen LogP contribution is 2.25. The molecular weight excluding hydrogens is 184 g/mol. The monoisotopic (exact) mass is 210 g/mol. The van der Waals surface area contributed by atoms with Crippen LogP contribution in [0.25, 0.3) is 0 Å². The van der Waals surface area contributed by atoms with Gasteiger partial charge in [-0.2, -0.15) is 0 Å². The number of hydrogen-bond acceptors (Lipinski definition) is 2. The summed E-state index contributed by atoms with van der Waals surface area (Å²) in [6.07, 6.45) is 4.17. The van der Waals surface area contributed by atoms with Gasteiger partial charge in [0.15, 0.2) is 0 Å². The number of fused-ring (bicyclic) bond motifs is 1. The first-order valence-electron chi connectivity index (χ1n) is 6.70. The quantitative estimate of drug-likeness (QED) is 0.704. The molecule has 2 heterocycles. The van der Waals surface area contributed by atoms with Crippen LogP contribution in [0.3, 0.4) is 0 Å². The molecule has 2 aliphatic heterocycles. The van der Waals surface area contributed by atoms with Gasteiger partial charge in [-0.3, -0.25) is 9.80 Å².